The highest BCUT2D eigenvalue weighted by atomic mass is 16.5. The van der Waals surface area contributed by atoms with Gasteiger partial charge < -0.3 is 19.6 Å². The Balaban J connectivity index is 1.92. The Labute approximate surface area is 144 Å². The number of piperidine rings is 1. The monoisotopic (exact) mass is 333 g/mol. The highest BCUT2D eigenvalue weighted by Crippen LogP contribution is 2.36. The van der Waals surface area contributed by atoms with E-state index in [0.717, 1.165) is 49.6 Å². The van der Waals surface area contributed by atoms with Crippen molar-refractivity contribution in [3.05, 3.63) is 23.3 Å². The van der Waals surface area contributed by atoms with Crippen LogP contribution in [0.3, 0.4) is 0 Å². The van der Waals surface area contributed by atoms with E-state index in [1.54, 1.807) is 19.1 Å². The van der Waals surface area contributed by atoms with Gasteiger partial charge in [-0.05, 0) is 30.0 Å². The van der Waals surface area contributed by atoms with E-state index in [2.05, 4.69) is 31.1 Å². The van der Waals surface area contributed by atoms with Gasteiger partial charge in [0.1, 0.15) is 6.04 Å². The Morgan fingerprint density at radius 1 is 1.25 bits per heavy atom. The maximum absolute atomic E-state index is 9.53. The third-order valence-electron chi connectivity index (χ3n) is 5.51. The number of hydrogen-bond donors (Lipinski definition) is 2. The molecule has 0 spiro atoms. The molecule has 132 valence electrons. The van der Waals surface area contributed by atoms with Crippen molar-refractivity contribution in [3.8, 4) is 11.5 Å². The quantitative estimate of drug-likeness (QED) is 0.655. The van der Waals surface area contributed by atoms with Gasteiger partial charge in [0.15, 0.2) is 11.5 Å². The van der Waals surface area contributed by atoms with E-state index in [1.165, 1.54) is 11.1 Å². The van der Waals surface area contributed by atoms with Crippen LogP contribution in [0, 0.1) is 11.8 Å². The lowest BCUT2D eigenvalue weighted by molar-refractivity contribution is -0.938. The second kappa shape index (κ2) is 7.01. The van der Waals surface area contributed by atoms with Gasteiger partial charge in [-0.3, -0.25) is 0 Å². The summed E-state index contributed by atoms with van der Waals surface area (Å²) < 4.78 is 10.9. The number of hydrogen-bond acceptors (Lipinski definition) is 4. The summed E-state index contributed by atoms with van der Waals surface area (Å²) in [7, 11) is 3.36. The highest BCUT2D eigenvalue weighted by molar-refractivity contribution is 5.87. The Bertz CT molecular complexity index is 627. The smallest absolute Gasteiger partial charge is 0.161 e. The summed E-state index contributed by atoms with van der Waals surface area (Å²) in [6.45, 7) is 6.65. The summed E-state index contributed by atoms with van der Waals surface area (Å²) in [5, 5.41) is 13.2. The molecular weight excluding hydrogens is 304 g/mol. The van der Waals surface area contributed by atoms with E-state index >= 15 is 0 Å². The minimum Gasteiger partial charge on any atom is -0.493 e. The Morgan fingerprint density at radius 3 is 2.58 bits per heavy atom. The molecule has 0 radical (unpaired) electrons. The van der Waals surface area contributed by atoms with Gasteiger partial charge in [0, 0.05) is 18.4 Å². The molecule has 1 fully saturated rings. The molecule has 2 N–H and O–H groups in total. The summed E-state index contributed by atoms with van der Waals surface area (Å²) in [6, 6.07) is 4.58. The Kier molecular flexibility index (Phi) is 4.99. The first-order chi connectivity index (χ1) is 11.6. The van der Waals surface area contributed by atoms with Crippen LogP contribution in [0.2, 0.25) is 0 Å². The van der Waals surface area contributed by atoms with Crippen molar-refractivity contribution in [2.75, 3.05) is 27.3 Å². The molecule has 1 saturated heterocycles. The van der Waals surface area contributed by atoms with E-state index in [4.69, 9.17) is 9.47 Å². The standard InChI is InChI=1S/C19H28N2O3/c1-12(2)7-14-11-21-6-5-13-8-18(23-3)19(24-4)9-15(13)17(21)10-16(14)20-22/h8-9,12,14,17,22H,5-7,10-11H2,1-4H3/p+1/b20-16-/t14-,17+/m1/s1. The molecule has 1 unspecified atom stereocenters. The van der Waals surface area contributed by atoms with Crippen molar-refractivity contribution in [1.82, 2.24) is 0 Å². The van der Waals surface area contributed by atoms with Crippen LogP contribution in [0.25, 0.3) is 0 Å². The SMILES string of the molecule is COc1cc2c(cc1OC)[C@@H]1C/C(=N/O)[C@H](CC(C)C)C[NH+]1CC2. The highest BCUT2D eigenvalue weighted by Gasteiger charge is 2.41. The van der Waals surface area contributed by atoms with Crippen molar-refractivity contribution in [3.63, 3.8) is 0 Å². The predicted octanol–water partition coefficient (Wildman–Crippen LogP) is 2.08. The summed E-state index contributed by atoms with van der Waals surface area (Å²) in [5.74, 6) is 2.58. The Hall–Kier alpha value is -1.75. The van der Waals surface area contributed by atoms with Crippen LogP contribution in [0.15, 0.2) is 17.3 Å². The van der Waals surface area contributed by atoms with E-state index in [0.29, 0.717) is 17.9 Å². The molecular formula is C19H29N2O3+. The van der Waals surface area contributed by atoms with Crippen LogP contribution in [0.1, 0.15) is 43.9 Å². The van der Waals surface area contributed by atoms with E-state index in [-0.39, 0.29) is 0 Å². The van der Waals surface area contributed by atoms with E-state index in [1.807, 2.05) is 0 Å². The molecule has 1 aromatic carbocycles. The number of quaternary nitrogens is 1. The summed E-state index contributed by atoms with van der Waals surface area (Å²) >= 11 is 0. The molecule has 5 nitrogen and oxygen atoms in total. The van der Waals surface area contributed by atoms with Crippen molar-refractivity contribution in [1.29, 1.82) is 0 Å². The minimum atomic E-state index is 0.350. The summed E-state index contributed by atoms with van der Waals surface area (Å²) in [5.41, 5.74) is 3.61. The maximum Gasteiger partial charge on any atom is 0.161 e. The van der Waals surface area contributed by atoms with Crippen LogP contribution in [-0.4, -0.2) is 38.2 Å². The molecule has 0 amide bonds. The lowest BCUT2D eigenvalue weighted by atomic mass is 9.79. The average Bonchev–Trinajstić information content (AvgIpc) is 2.59. The fraction of sp³-hybridized carbons (Fsp3) is 0.632. The first kappa shape index (κ1) is 17.1. The van der Waals surface area contributed by atoms with E-state index in [9.17, 15) is 5.21 Å². The molecule has 0 saturated carbocycles. The molecule has 3 atom stereocenters. The lowest BCUT2D eigenvalue weighted by Gasteiger charge is -2.41. The number of ether oxygens (including phenoxy) is 2. The third-order valence-corrected chi connectivity index (χ3v) is 5.51. The molecule has 2 aliphatic rings. The van der Waals surface area contributed by atoms with E-state index < -0.39 is 0 Å². The zero-order chi connectivity index (χ0) is 17.3. The van der Waals surface area contributed by atoms with Gasteiger partial charge in [0.25, 0.3) is 0 Å². The van der Waals surface area contributed by atoms with Crippen LogP contribution in [-0.2, 0) is 6.42 Å². The van der Waals surface area contributed by atoms with Crippen LogP contribution in [0.4, 0.5) is 0 Å². The molecule has 2 heterocycles. The largest absolute Gasteiger partial charge is 0.493 e. The number of oxime groups is 1. The molecule has 0 aliphatic carbocycles. The number of nitrogens with one attached hydrogen (secondary N) is 1. The zero-order valence-electron chi connectivity index (χ0n) is 15.1. The molecule has 2 aliphatic heterocycles. The number of benzene rings is 1. The third kappa shape index (κ3) is 3.09. The number of fused-ring (bicyclic) bond motifs is 3. The first-order valence-corrected chi connectivity index (χ1v) is 8.87. The van der Waals surface area contributed by atoms with Crippen molar-refractivity contribution in [2.24, 2.45) is 17.0 Å². The second-order valence-electron chi connectivity index (χ2n) is 7.44. The molecule has 1 aromatic rings. The molecule has 0 aromatic heterocycles. The van der Waals surface area contributed by atoms with Crippen molar-refractivity contribution in [2.45, 2.75) is 39.2 Å². The van der Waals surface area contributed by atoms with Crippen molar-refractivity contribution < 1.29 is 19.6 Å². The zero-order valence-corrected chi connectivity index (χ0v) is 15.1. The molecule has 3 rings (SSSR count). The van der Waals surface area contributed by atoms with Crippen LogP contribution < -0.4 is 14.4 Å². The van der Waals surface area contributed by atoms with Crippen LogP contribution >= 0.6 is 0 Å². The summed E-state index contributed by atoms with van der Waals surface area (Å²) in [4.78, 5) is 1.60. The van der Waals surface area contributed by atoms with Gasteiger partial charge in [-0.1, -0.05) is 19.0 Å². The van der Waals surface area contributed by atoms with Gasteiger partial charge in [-0.15, -0.1) is 0 Å². The normalized spacial score (nSPS) is 27.7. The predicted molar refractivity (Wildman–Crippen MR) is 93.5 cm³/mol. The fourth-order valence-electron chi connectivity index (χ4n) is 4.39. The fourth-order valence-corrected chi connectivity index (χ4v) is 4.39. The molecule has 0 bridgehead atoms. The van der Waals surface area contributed by atoms with Gasteiger partial charge in [0.2, 0.25) is 0 Å². The lowest BCUT2D eigenvalue weighted by Crippen LogP contribution is -3.15. The second-order valence-corrected chi connectivity index (χ2v) is 7.44. The van der Waals surface area contributed by atoms with Crippen LogP contribution in [0.5, 0.6) is 11.5 Å². The Morgan fingerprint density at radius 2 is 1.96 bits per heavy atom. The number of nitrogens with zero attached hydrogens (tertiary/aromatic N) is 1. The molecule has 5 heteroatoms. The van der Waals surface area contributed by atoms with Gasteiger partial charge >= 0.3 is 0 Å². The number of rotatable bonds is 4. The van der Waals surface area contributed by atoms with Gasteiger partial charge in [0.05, 0.1) is 38.9 Å². The topological polar surface area (TPSA) is 55.5 Å². The maximum atomic E-state index is 9.53. The van der Waals surface area contributed by atoms with Crippen molar-refractivity contribution >= 4 is 5.71 Å². The minimum absolute atomic E-state index is 0.350. The summed E-state index contributed by atoms with van der Waals surface area (Å²) in [6.07, 6.45) is 2.97. The first-order valence-electron chi connectivity index (χ1n) is 8.87. The average molecular weight is 333 g/mol. The van der Waals surface area contributed by atoms with Gasteiger partial charge in [-0.2, -0.15) is 0 Å². The number of methoxy groups -OCH3 is 2. The molecule has 24 heavy (non-hydrogen) atoms. The van der Waals surface area contributed by atoms with Gasteiger partial charge in [-0.25, -0.2) is 0 Å².